The van der Waals surface area contributed by atoms with Crippen LogP contribution in [0.1, 0.15) is 11.1 Å². The van der Waals surface area contributed by atoms with Crippen molar-refractivity contribution in [3.8, 4) is 0 Å². The molecule has 0 aromatic heterocycles. The molecule has 0 unspecified atom stereocenters. The molecule has 0 amide bonds. The van der Waals surface area contributed by atoms with E-state index in [4.69, 9.17) is 4.84 Å². The molecule has 17 heavy (non-hydrogen) atoms. The maximum Gasteiger partial charge on any atom is 0.352 e. The lowest BCUT2D eigenvalue weighted by molar-refractivity contribution is -0.132. The van der Waals surface area contributed by atoms with Gasteiger partial charge in [0.15, 0.2) is 6.21 Å². The number of carbonyl (C=O) groups is 1. The molecule has 0 atom stereocenters. The highest BCUT2D eigenvalue weighted by molar-refractivity contribution is 9.08. The third-order valence-corrected chi connectivity index (χ3v) is 2.61. The summed E-state index contributed by atoms with van der Waals surface area (Å²) in [5, 5.41) is 3.89. The van der Waals surface area contributed by atoms with Gasteiger partial charge in [0.1, 0.15) is 12.4 Å². The number of benzene rings is 1. The van der Waals surface area contributed by atoms with E-state index in [0.717, 1.165) is 11.8 Å². The quantitative estimate of drug-likeness (QED) is 0.363. The summed E-state index contributed by atoms with van der Waals surface area (Å²) in [6, 6.07) is 4.74. The number of rotatable bonds is 5. The van der Waals surface area contributed by atoms with Crippen LogP contribution in [-0.4, -0.2) is 19.3 Å². The van der Waals surface area contributed by atoms with Crippen molar-refractivity contribution in [2.75, 3.05) is 7.11 Å². The minimum absolute atomic E-state index is 0.0406. The van der Waals surface area contributed by atoms with E-state index in [1.807, 2.05) is 0 Å². The van der Waals surface area contributed by atoms with Crippen molar-refractivity contribution < 1.29 is 18.8 Å². The van der Waals surface area contributed by atoms with Crippen LogP contribution < -0.4 is 0 Å². The molecular weight excluding hydrogens is 293 g/mol. The van der Waals surface area contributed by atoms with Gasteiger partial charge in [-0.25, -0.2) is 9.18 Å². The van der Waals surface area contributed by atoms with Gasteiger partial charge in [0.2, 0.25) is 0 Å². The van der Waals surface area contributed by atoms with Crippen LogP contribution in [0.15, 0.2) is 23.4 Å². The highest BCUT2D eigenvalue weighted by atomic mass is 79.9. The molecule has 1 rings (SSSR count). The first-order chi connectivity index (χ1) is 8.19. The summed E-state index contributed by atoms with van der Waals surface area (Å²) in [5.41, 5.74) is 1.18. The Labute approximate surface area is 107 Å². The fraction of sp³-hybridized carbons (Fsp3) is 0.273. The minimum Gasteiger partial charge on any atom is -0.465 e. The first-order valence-electron chi connectivity index (χ1n) is 4.74. The predicted octanol–water partition coefficient (Wildman–Crippen LogP) is 2.40. The van der Waals surface area contributed by atoms with Gasteiger partial charge in [-0.3, -0.25) is 0 Å². The molecule has 0 aliphatic rings. The topological polar surface area (TPSA) is 47.9 Å². The van der Waals surface area contributed by atoms with Gasteiger partial charge in [-0.1, -0.05) is 33.2 Å². The molecule has 0 N–H and O–H groups in total. The zero-order valence-electron chi connectivity index (χ0n) is 9.15. The number of alkyl halides is 1. The zero-order valence-corrected chi connectivity index (χ0v) is 10.7. The molecule has 1 aromatic carbocycles. The van der Waals surface area contributed by atoms with E-state index >= 15 is 0 Å². The average Bonchev–Trinajstić information content (AvgIpc) is 2.35. The molecule has 0 spiro atoms. The Morgan fingerprint density at radius 1 is 1.59 bits per heavy atom. The lowest BCUT2D eigenvalue weighted by atomic mass is 10.1. The lowest BCUT2D eigenvalue weighted by Gasteiger charge is -2.06. The summed E-state index contributed by atoms with van der Waals surface area (Å²) in [5.74, 6) is -0.991. The minimum atomic E-state index is -0.626. The largest absolute Gasteiger partial charge is 0.465 e. The number of nitrogens with zero attached hydrogens (tertiary/aromatic N) is 1. The molecule has 0 fully saturated rings. The van der Waals surface area contributed by atoms with E-state index in [0.29, 0.717) is 10.9 Å². The number of oxime groups is 1. The summed E-state index contributed by atoms with van der Waals surface area (Å²) < 4.78 is 17.8. The highest BCUT2D eigenvalue weighted by Crippen LogP contribution is 2.17. The van der Waals surface area contributed by atoms with Crippen LogP contribution in [0, 0.1) is 5.82 Å². The monoisotopic (exact) mass is 303 g/mol. The van der Waals surface area contributed by atoms with Gasteiger partial charge >= 0.3 is 5.97 Å². The highest BCUT2D eigenvalue weighted by Gasteiger charge is 2.07. The van der Waals surface area contributed by atoms with Gasteiger partial charge in [-0.2, -0.15) is 0 Å². The molecule has 0 bridgehead atoms. The van der Waals surface area contributed by atoms with Gasteiger partial charge in [-0.05, 0) is 11.6 Å². The molecule has 0 saturated carbocycles. The van der Waals surface area contributed by atoms with E-state index in [1.165, 1.54) is 13.2 Å². The Bertz CT molecular complexity index is 423. The Hall–Kier alpha value is -1.43. The Morgan fingerprint density at radius 2 is 2.35 bits per heavy atom. The number of hydrogen-bond acceptors (Lipinski definition) is 4. The fourth-order valence-electron chi connectivity index (χ4n) is 1.12. The molecule has 1 aromatic rings. The normalized spacial score (nSPS) is 10.5. The van der Waals surface area contributed by atoms with Crippen molar-refractivity contribution in [2.24, 2.45) is 5.16 Å². The summed E-state index contributed by atoms with van der Waals surface area (Å²) in [6.45, 7) is -0.0406. The molecule has 0 aliphatic carbocycles. The molecule has 0 saturated heterocycles. The van der Waals surface area contributed by atoms with Crippen molar-refractivity contribution in [3.63, 3.8) is 0 Å². The van der Waals surface area contributed by atoms with E-state index < -0.39 is 5.97 Å². The van der Waals surface area contributed by atoms with E-state index in [2.05, 4.69) is 25.8 Å². The molecule has 6 heteroatoms. The summed E-state index contributed by atoms with van der Waals surface area (Å²) >= 11 is 3.25. The van der Waals surface area contributed by atoms with E-state index in [9.17, 15) is 9.18 Å². The summed E-state index contributed by atoms with van der Waals surface area (Å²) in [7, 11) is 1.23. The smallest absolute Gasteiger partial charge is 0.352 e. The van der Waals surface area contributed by atoms with Crippen LogP contribution in [0.3, 0.4) is 0 Å². The molecule has 0 heterocycles. The maximum atomic E-state index is 13.4. The van der Waals surface area contributed by atoms with Crippen molar-refractivity contribution in [1.82, 2.24) is 0 Å². The number of halogens is 2. The second-order valence-electron chi connectivity index (χ2n) is 3.04. The van der Waals surface area contributed by atoms with Gasteiger partial charge in [-0.15, -0.1) is 0 Å². The maximum absolute atomic E-state index is 13.4. The molecule has 4 nitrogen and oxygen atoms in total. The summed E-state index contributed by atoms with van der Waals surface area (Å²) in [6.07, 6.45) is 0.884. The second-order valence-corrected chi connectivity index (χ2v) is 3.60. The third kappa shape index (κ3) is 4.14. The van der Waals surface area contributed by atoms with Crippen LogP contribution in [0.5, 0.6) is 0 Å². The van der Waals surface area contributed by atoms with Crippen molar-refractivity contribution in [1.29, 1.82) is 0 Å². The number of esters is 1. The molecular formula is C11H11BrFNO3. The van der Waals surface area contributed by atoms with Gasteiger partial charge in [0.05, 0.1) is 7.11 Å². The van der Waals surface area contributed by atoms with E-state index in [-0.39, 0.29) is 12.4 Å². The first kappa shape index (κ1) is 13.6. The third-order valence-electron chi connectivity index (χ3n) is 2.00. The number of ether oxygens (including phenoxy) is 1. The van der Waals surface area contributed by atoms with Crippen molar-refractivity contribution in [3.05, 3.63) is 35.1 Å². The van der Waals surface area contributed by atoms with Gasteiger partial charge in [0, 0.05) is 10.9 Å². The molecule has 0 aliphatic heterocycles. The standard InChI is InChI=1S/C11H11BrFNO3/c1-16-11(15)6-14-17-7-9-8(5-12)3-2-4-10(9)13/h2-4,6H,5,7H2,1H3. The van der Waals surface area contributed by atoms with Crippen LogP contribution in [0.2, 0.25) is 0 Å². The summed E-state index contributed by atoms with van der Waals surface area (Å²) in [4.78, 5) is 15.5. The number of hydrogen-bond donors (Lipinski definition) is 0. The lowest BCUT2D eigenvalue weighted by Crippen LogP contribution is -2.02. The Balaban J connectivity index is 2.63. The number of carbonyl (C=O) groups excluding carboxylic acids is 1. The first-order valence-corrected chi connectivity index (χ1v) is 5.86. The van der Waals surface area contributed by atoms with Crippen LogP contribution in [0.4, 0.5) is 4.39 Å². The van der Waals surface area contributed by atoms with Crippen LogP contribution in [0.25, 0.3) is 0 Å². The Kier molecular flexibility index (Phi) is 5.62. The zero-order chi connectivity index (χ0) is 12.7. The number of methoxy groups -OCH3 is 1. The molecule has 0 radical (unpaired) electrons. The predicted molar refractivity (Wildman–Crippen MR) is 64.3 cm³/mol. The van der Waals surface area contributed by atoms with E-state index in [1.54, 1.807) is 12.1 Å². The van der Waals surface area contributed by atoms with Crippen LogP contribution >= 0.6 is 15.9 Å². The Morgan fingerprint density at radius 3 is 3.00 bits per heavy atom. The van der Waals surface area contributed by atoms with Crippen LogP contribution in [-0.2, 0) is 26.3 Å². The molecule has 92 valence electrons. The average molecular weight is 304 g/mol. The van der Waals surface area contributed by atoms with Gasteiger partial charge < -0.3 is 9.57 Å². The van der Waals surface area contributed by atoms with Gasteiger partial charge in [0.25, 0.3) is 0 Å². The SMILES string of the molecule is COC(=O)C=NOCc1c(F)cccc1CBr. The fourth-order valence-corrected chi connectivity index (χ4v) is 1.65. The van der Waals surface area contributed by atoms with Crippen molar-refractivity contribution >= 4 is 28.1 Å². The second kappa shape index (κ2) is 7.01. The van der Waals surface area contributed by atoms with Crippen molar-refractivity contribution in [2.45, 2.75) is 11.9 Å².